The third kappa shape index (κ3) is 3.09. The maximum atomic E-state index is 11.9. The van der Waals surface area contributed by atoms with E-state index in [0.717, 1.165) is 18.4 Å². The zero-order valence-corrected chi connectivity index (χ0v) is 10.1. The Morgan fingerprint density at radius 2 is 2.13 bits per heavy atom. The molecule has 1 aliphatic heterocycles. The van der Waals surface area contributed by atoms with Crippen LogP contribution in [0.2, 0.25) is 6.82 Å². The predicted molar refractivity (Wildman–Crippen MR) is 62.6 cm³/mol. The number of carbonyl (C=O) groups is 1. The minimum absolute atomic E-state index is 0.184. The van der Waals surface area contributed by atoms with E-state index in [0.29, 0.717) is 6.54 Å². The lowest BCUT2D eigenvalue weighted by molar-refractivity contribution is -0.139. The van der Waals surface area contributed by atoms with E-state index in [1.807, 2.05) is 31.7 Å². The van der Waals surface area contributed by atoms with Crippen LogP contribution in [0.3, 0.4) is 0 Å². The number of rotatable bonds is 1. The van der Waals surface area contributed by atoms with Crippen molar-refractivity contribution in [2.24, 2.45) is 5.41 Å². The second kappa shape index (κ2) is 4.39. The molecule has 0 saturated carbocycles. The molecule has 0 radical (unpaired) electrons. The molecule has 0 atom stereocenters. The zero-order chi connectivity index (χ0) is 11.6. The Kier molecular flexibility index (Phi) is 3.60. The fourth-order valence-corrected chi connectivity index (χ4v) is 1.72. The maximum absolute atomic E-state index is 11.9. The molecular weight excluding hydrogens is 189 g/mol. The summed E-state index contributed by atoms with van der Waals surface area (Å²) in [6, 6.07) is 0. The Balaban J connectivity index is 2.62. The van der Waals surface area contributed by atoms with E-state index >= 15 is 0 Å². The molecule has 1 rings (SSSR count). The van der Waals surface area contributed by atoms with Crippen molar-refractivity contribution < 1.29 is 9.82 Å². The van der Waals surface area contributed by atoms with E-state index < -0.39 is 0 Å². The summed E-state index contributed by atoms with van der Waals surface area (Å²) in [7, 11) is 0. The Morgan fingerprint density at radius 1 is 1.53 bits per heavy atom. The summed E-state index contributed by atoms with van der Waals surface area (Å²) in [5.74, 6) is 0.184. The molecular formula is C11H20BNO2. The van der Waals surface area contributed by atoms with Gasteiger partial charge in [-0.2, -0.15) is 0 Å². The topological polar surface area (TPSA) is 40.5 Å². The molecule has 0 saturated heterocycles. The third-order valence-corrected chi connectivity index (χ3v) is 2.71. The largest absolute Gasteiger partial charge is 0.447 e. The molecule has 0 fully saturated rings. The van der Waals surface area contributed by atoms with Gasteiger partial charge in [0.1, 0.15) is 0 Å². The fourth-order valence-electron chi connectivity index (χ4n) is 1.72. The van der Waals surface area contributed by atoms with Crippen molar-refractivity contribution in [3.63, 3.8) is 0 Å². The van der Waals surface area contributed by atoms with Crippen molar-refractivity contribution in [1.82, 2.24) is 4.90 Å². The highest BCUT2D eigenvalue weighted by molar-refractivity contribution is 6.57. The minimum Gasteiger partial charge on any atom is -0.447 e. The lowest BCUT2D eigenvalue weighted by Gasteiger charge is -2.32. The van der Waals surface area contributed by atoms with Crippen LogP contribution in [-0.4, -0.2) is 35.8 Å². The normalized spacial score (nSPS) is 17.4. The first-order valence-electron chi connectivity index (χ1n) is 5.48. The highest BCUT2D eigenvalue weighted by Gasteiger charge is 2.28. The molecule has 0 unspecified atom stereocenters. The highest BCUT2D eigenvalue weighted by atomic mass is 16.2. The van der Waals surface area contributed by atoms with Crippen LogP contribution < -0.4 is 0 Å². The standard InChI is InChI=1S/C11H20BNO2/c1-11(2,3)10(14)13-7-5-9(6-8-13)12(4)15/h5,15H,6-8H2,1-4H3. The van der Waals surface area contributed by atoms with Gasteiger partial charge in [-0.1, -0.05) is 39.1 Å². The van der Waals surface area contributed by atoms with Gasteiger partial charge in [-0.25, -0.2) is 0 Å². The summed E-state index contributed by atoms with van der Waals surface area (Å²) in [4.78, 5) is 13.8. The molecule has 1 N–H and O–H groups in total. The first-order chi connectivity index (χ1) is 6.82. The number of carbonyl (C=O) groups excluding carboxylic acids is 1. The molecule has 15 heavy (non-hydrogen) atoms. The number of hydrogen-bond acceptors (Lipinski definition) is 2. The Morgan fingerprint density at radius 3 is 2.47 bits per heavy atom. The van der Waals surface area contributed by atoms with E-state index in [-0.39, 0.29) is 18.2 Å². The van der Waals surface area contributed by atoms with Crippen molar-refractivity contribution >= 4 is 12.8 Å². The molecule has 1 aliphatic rings. The van der Waals surface area contributed by atoms with Crippen LogP contribution in [-0.2, 0) is 4.79 Å². The quantitative estimate of drug-likeness (QED) is 0.662. The van der Waals surface area contributed by atoms with Crippen LogP contribution in [0.4, 0.5) is 0 Å². The first-order valence-corrected chi connectivity index (χ1v) is 5.48. The van der Waals surface area contributed by atoms with Crippen LogP contribution >= 0.6 is 0 Å². The lowest BCUT2D eigenvalue weighted by Crippen LogP contribution is -2.42. The number of hydrogen-bond donors (Lipinski definition) is 1. The summed E-state index contributed by atoms with van der Waals surface area (Å²) >= 11 is 0. The number of nitrogens with zero attached hydrogens (tertiary/aromatic N) is 1. The molecule has 84 valence electrons. The number of amides is 1. The SMILES string of the molecule is CB(O)C1=CCN(C(=O)C(C)(C)C)CC1. The van der Waals surface area contributed by atoms with Crippen molar-refractivity contribution in [3.8, 4) is 0 Å². The Hall–Kier alpha value is -0.765. The summed E-state index contributed by atoms with van der Waals surface area (Å²) in [5.41, 5.74) is 0.740. The summed E-state index contributed by atoms with van der Waals surface area (Å²) in [6.45, 7) is 8.56. The van der Waals surface area contributed by atoms with E-state index in [1.54, 1.807) is 6.82 Å². The van der Waals surface area contributed by atoms with Crippen LogP contribution in [0.25, 0.3) is 0 Å². The van der Waals surface area contributed by atoms with E-state index in [9.17, 15) is 9.82 Å². The van der Waals surface area contributed by atoms with Gasteiger partial charge < -0.3 is 9.92 Å². The highest BCUT2D eigenvalue weighted by Crippen LogP contribution is 2.21. The van der Waals surface area contributed by atoms with Gasteiger partial charge in [-0.15, -0.1) is 0 Å². The summed E-state index contributed by atoms with van der Waals surface area (Å²) < 4.78 is 0. The Bertz CT molecular complexity index is 279. The molecule has 0 aromatic rings. The van der Waals surface area contributed by atoms with Gasteiger partial charge in [-0.3, -0.25) is 4.79 Å². The van der Waals surface area contributed by atoms with E-state index in [4.69, 9.17) is 0 Å². The van der Waals surface area contributed by atoms with Crippen molar-refractivity contribution in [2.45, 2.75) is 34.0 Å². The predicted octanol–water partition coefficient (Wildman–Crippen LogP) is 1.34. The van der Waals surface area contributed by atoms with E-state index in [1.165, 1.54) is 0 Å². The van der Waals surface area contributed by atoms with Crippen molar-refractivity contribution in [3.05, 3.63) is 11.5 Å². The van der Waals surface area contributed by atoms with Crippen LogP contribution in [0.5, 0.6) is 0 Å². The monoisotopic (exact) mass is 209 g/mol. The van der Waals surface area contributed by atoms with Crippen LogP contribution in [0.1, 0.15) is 27.2 Å². The molecule has 1 heterocycles. The molecule has 0 aromatic heterocycles. The smallest absolute Gasteiger partial charge is 0.315 e. The molecule has 1 amide bonds. The van der Waals surface area contributed by atoms with Gasteiger partial charge in [0.15, 0.2) is 0 Å². The zero-order valence-electron chi connectivity index (χ0n) is 10.1. The van der Waals surface area contributed by atoms with Gasteiger partial charge >= 0.3 is 6.92 Å². The summed E-state index contributed by atoms with van der Waals surface area (Å²) in [5, 5.41) is 9.39. The van der Waals surface area contributed by atoms with Gasteiger partial charge in [0, 0.05) is 18.5 Å². The second-order valence-electron chi connectivity index (χ2n) is 5.21. The summed E-state index contributed by atoms with van der Waals surface area (Å²) in [6.07, 6.45) is 2.76. The average Bonchev–Trinajstić information content (AvgIpc) is 2.15. The van der Waals surface area contributed by atoms with Gasteiger partial charge in [-0.05, 0) is 6.42 Å². The molecule has 0 bridgehead atoms. The molecule has 0 aromatic carbocycles. The average molecular weight is 209 g/mol. The second-order valence-corrected chi connectivity index (χ2v) is 5.21. The first kappa shape index (κ1) is 12.3. The molecule has 4 heteroatoms. The van der Waals surface area contributed by atoms with Gasteiger partial charge in [0.05, 0.1) is 0 Å². The Labute approximate surface area is 92.3 Å². The van der Waals surface area contributed by atoms with Crippen LogP contribution in [0.15, 0.2) is 11.5 Å². The van der Waals surface area contributed by atoms with E-state index in [2.05, 4.69) is 0 Å². The molecule has 3 nitrogen and oxygen atoms in total. The van der Waals surface area contributed by atoms with Gasteiger partial charge in [0.25, 0.3) is 0 Å². The van der Waals surface area contributed by atoms with Crippen molar-refractivity contribution in [1.29, 1.82) is 0 Å². The molecule has 0 spiro atoms. The van der Waals surface area contributed by atoms with Gasteiger partial charge in [0.2, 0.25) is 5.91 Å². The lowest BCUT2D eigenvalue weighted by atomic mass is 9.61. The maximum Gasteiger partial charge on any atom is 0.315 e. The molecule has 0 aliphatic carbocycles. The van der Waals surface area contributed by atoms with Crippen molar-refractivity contribution in [2.75, 3.05) is 13.1 Å². The minimum atomic E-state index is -0.378. The third-order valence-electron chi connectivity index (χ3n) is 2.71. The van der Waals surface area contributed by atoms with Crippen LogP contribution in [0, 0.1) is 5.41 Å². The fraction of sp³-hybridized carbons (Fsp3) is 0.727.